The van der Waals surface area contributed by atoms with Gasteiger partial charge in [0.1, 0.15) is 18.1 Å². The second-order valence-electron chi connectivity index (χ2n) is 5.14. The number of hydrogen-bond donors (Lipinski definition) is 3. The van der Waals surface area contributed by atoms with Gasteiger partial charge in [-0.2, -0.15) is 0 Å². The maximum atomic E-state index is 12.1. The highest BCUT2D eigenvalue weighted by Crippen LogP contribution is 2.17. The fraction of sp³-hybridized carbons (Fsp3) is 0.222. The highest BCUT2D eigenvalue weighted by atomic mass is 16.5. The lowest BCUT2D eigenvalue weighted by atomic mass is 10.2. The van der Waals surface area contributed by atoms with Crippen LogP contribution in [-0.4, -0.2) is 32.1 Å². The molecule has 0 aliphatic carbocycles. The quantitative estimate of drug-likeness (QED) is 0.504. The zero-order valence-corrected chi connectivity index (χ0v) is 14.2. The number of amides is 2. The Balaban J connectivity index is 1.71. The number of rotatable bonds is 8. The Morgan fingerprint density at radius 3 is 2.44 bits per heavy atom. The molecule has 0 heterocycles. The number of hydrogen-bond acceptors (Lipinski definition) is 5. The number of carbonyl (C=O) groups excluding carboxylic acids is 2. The van der Waals surface area contributed by atoms with Gasteiger partial charge in [0.15, 0.2) is 0 Å². The molecule has 0 fully saturated rings. The second kappa shape index (κ2) is 9.29. The Bertz CT molecular complexity index is 717. The lowest BCUT2D eigenvalue weighted by Gasteiger charge is -2.11. The van der Waals surface area contributed by atoms with Crippen molar-refractivity contribution >= 4 is 17.5 Å². The van der Waals surface area contributed by atoms with Crippen LogP contribution in [-0.2, 0) is 4.79 Å². The zero-order valence-electron chi connectivity index (χ0n) is 14.2. The van der Waals surface area contributed by atoms with Gasteiger partial charge in [0, 0.05) is 19.2 Å². The van der Waals surface area contributed by atoms with Crippen molar-refractivity contribution in [3.8, 4) is 11.5 Å². The van der Waals surface area contributed by atoms with E-state index in [9.17, 15) is 9.59 Å². The molecule has 7 nitrogen and oxygen atoms in total. The summed E-state index contributed by atoms with van der Waals surface area (Å²) in [7, 11) is 1.52. The molecule has 2 amide bonds. The minimum atomic E-state index is -0.280. The first-order valence-corrected chi connectivity index (χ1v) is 7.77. The van der Waals surface area contributed by atoms with E-state index in [1.165, 1.54) is 14.0 Å². The fourth-order valence-electron chi connectivity index (χ4n) is 2.10. The Hall–Kier alpha value is -3.06. The average Bonchev–Trinajstić information content (AvgIpc) is 2.62. The number of hydrazine groups is 1. The van der Waals surface area contributed by atoms with Gasteiger partial charge in [-0.15, -0.1) is 0 Å². The van der Waals surface area contributed by atoms with Crippen LogP contribution in [0.1, 0.15) is 17.3 Å². The van der Waals surface area contributed by atoms with Gasteiger partial charge in [-0.1, -0.05) is 12.1 Å². The van der Waals surface area contributed by atoms with E-state index in [1.54, 1.807) is 48.5 Å². The van der Waals surface area contributed by atoms with Crippen LogP contribution in [0.5, 0.6) is 11.5 Å². The first-order valence-electron chi connectivity index (χ1n) is 7.77. The Kier molecular flexibility index (Phi) is 6.79. The summed E-state index contributed by atoms with van der Waals surface area (Å²) in [6, 6.07) is 14.0. The van der Waals surface area contributed by atoms with Crippen molar-refractivity contribution < 1.29 is 19.1 Å². The van der Waals surface area contributed by atoms with E-state index in [0.717, 1.165) is 0 Å². The molecule has 7 heteroatoms. The van der Waals surface area contributed by atoms with Crippen molar-refractivity contribution in [3.05, 3.63) is 54.1 Å². The van der Waals surface area contributed by atoms with E-state index < -0.39 is 0 Å². The predicted molar refractivity (Wildman–Crippen MR) is 94.7 cm³/mol. The van der Waals surface area contributed by atoms with E-state index in [1.807, 2.05) is 0 Å². The number of nitrogens with one attached hydrogen (secondary N) is 3. The molecule has 0 aliphatic heterocycles. The van der Waals surface area contributed by atoms with Gasteiger partial charge in [-0.3, -0.25) is 15.0 Å². The van der Waals surface area contributed by atoms with E-state index >= 15 is 0 Å². The summed E-state index contributed by atoms with van der Waals surface area (Å²) in [6.45, 7) is 2.25. The van der Waals surface area contributed by atoms with Gasteiger partial charge in [0.2, 0.25) is 5.91 Å². The number of benzene rings is 2. The van der Waals surface area contributed by atoms with Crippen molar-refractivity contribution in [1.82, 2.24) is 10.9 Å². The summed E-state index contributed by atoms with van der Waals surface area (Å²) in [6.07, 6.45) is 0. The molecule has 25 heavy (non-hydrogen) atoms. The molecule has 3 N–H and O–H groups in total. The second-order valence-corrected chi connectivity index (χ2v) is 5.14. The minimum absolute atomic E-state index is 0.122. The van der Waals surface area contributed by atoms with Gasteiger partial charge in [0.05, 0.1) is 12.7 Å². The van der Waals surface area contributed by atoms with Gasteiger partial charge in [-0.25, -0.2) is 5.43 Å². The maximum absolute atomic E-state index is 12.1. The van der Waals surface area contributed by atoms with Gasteiger partial charge in [0.25, 0.3) is 5.91 Å². The number of anilines is 1. The molecule has 0 aromatic heterocycles. The highest BCUT2D eigenvalue weighted by molar-refractivity contribution is 5.96. The van der Waals surface area contributed by atoms with Crippen LogP contribution in [0, 0.1) is 0 Å². The van der Waals surface area contributed by atoms with Crippen molar-refractivity contribution in [2.24, 2.45) is 0 Å². The van der Waals surface area contributed by atoms with Crippen LogP contribution < -0.4 is 25.6 Å². The SMILES string of the molecule is COc1ccccc1C(=O)NNCCOc1ccc(NC(C)=O)cc1. The summed E-state index contributed by atoms with van der Waals surface area (Å²) >= 11 is 0. The Morgan fingerprint density at radius 2 is 1.76 bits per heavy atom. The summed E-state index contributed by atoms with van der Waals surface area (Å²) in [4.78, 5) is 23.0. The lowest BCUT2D eigenvalue weighted by Crippen LogP contribution is -2.39. The third-order valence-electron chi connectivity index (χ3n) is 3.22. The molecule has 132 valence electrons. The first-order chi connectivity index (χ1) is 12.1. The fourth-order valence-corrected chi connectivity index (χ4v) is 2.10. The molecule has 0 unspecified atom stereocenters. The molecule has 0 saturated carbocycles. The summed E-state index contributed by atoms with van der Waals surface area (Å²) in [5.41, 5.74) is 6.56. The van der Waals surface area contributed by atoms with Crippen LogP contribution in [0.4, 0.5) is 5.69 Å². The summed E-state index contributed by atoms with van der Waals surface area (Å²) in [5.74, 6) is 0.782. The normalized spacial score (nSPS) is 10.0. The largest absolute Gasteiger partial charge is 0.496 e. The molecule has 2 aromatic carbocycles. The standard InChI is InChI=1S/C18H21N3O4/c1-13(22)20-14-7-9-15(10-8-14)25-12-11-19-21-18(23)16-5-3-4-6-17(16)24-2/h3-10,19H,11-12H2,1-2H3,(H,20,22)(H,21,23). The van der Waals surface area contributed by atoms with Crippen molar-refractivity contribution in [2.45, 2.75) is 6.92 Å². The zero-order chi connectivity index (χ0) is 18.1. The number of carbonyl (C=O) groups is 2. The first kappa shape index (κ1) is 18.3. The summed E-state index contributed by atoms with van der Waals surface area (Å²) in [5, 5.41) is 2.68. The van der Waals surface area contributed by atoms with E-state index in [-0.39, 0.29) is 11.8 Å². The van der Waals surface area contributed by atoms with Crippen LogP contribution in [0.2, 0.25) is 0 Å². The van der Waals surface area contributed by atoms with E-state index in [2.05, 4.69) is 16.2 Å². The van der Waals surface area contributed by atoms with Gasteiger partial charge >= 0.3 is 0 Å². The molecule has 0 atom stereocenters. The van der Waals surface area contributed by atoms with Gasteiger partial charge in [-0.05, 0) is 36.4 Å². The van der Waals surface area contributed by atoms with Crippen LogP contribution in [0.15, 0.2) is 48.5 Å². The third kappa shape index (κ3) is 5.82. The Labute approximate surface area is 146 Å². The molecule has 0 radical (unpaired) electrons. The van der Waals surface area contributed by atoms with Crippen LogP contribution >= 0.6 is 0 Å². The molecule has 0 aliphatic rings. The van der Waals surface area contributed by atoms with Crippen LogP contribution in [0.3, 0.4) is 0 Å². The van der Waals surface area contributed by atoms with Crippen molar-refractivity contribution in [2.75, 3.05) is 25.6 Å². The van der Waals surface area contributed by atoms with Crippen molar-refractivity contribution in [3.63, 3.8) is 0 Å². The molecule has 0 bridgehead atoms. The third-order valence-corrected chi connectivity index (χ3v) is 3.22. The molecular weight excluding hydrogens is 322 g/mol. The van der Waals surface area contributed by atoms with Crippen molar-refractivity contribution in [1.29, 1.82) is 0 Å². The highest BCUT2D eigenvalue weighted by Gasteiger charge is 2.10. The van der Waals surface area contributed by atoms with Crippen LogP contribution in [0.25, 0.3) is 0 Å². The average molecular weight is 343 g/mol. The molecule has 2 aromatic rings. The number of para-hydroxylation sites is 1. The van der Waals surface area contributed by atoms with E-state index in [4.69, 9.17) is 9.47 Å². The molecule has 2 rings (SSSR count). The number of ether oxygens (including phenoxy) is 2. The smallest absolute Gasteiger partial charge is 0.269 e. The Morgan fingerprint density at radius 1 is 1.04 bits per heavy atom. The maximum Gasteiger partial charge on any atom is 0.269 e. The molecule has 0 saturated heterocycles. The topological polar surface area (TPSA) is 88.7 Å². The van der Waals surface area contributed by atoms with Gasteiger partial charge < -0.3 is 14.8 Å². The predicted octanol–water partition coefficient (Wildman–Crippen LogP) is 1.97. The monoisotopic (exact) mass is 343 g/mol. The molecule has 0 spiro atoms. The lowest BCUT2D eigenvalue weighted by molar-refractivity contribution is -0.114. The minimum Gasteiger partial charge on any atom is -0.496 e. The molecular formula is C18H21N3O4. The summed E-state index contributed by atoms with van der Waals surface area (Å²) < 4.78 is 10.7. The number of methoxy groups -OCH3 is 1. The van der Waals surface area contributed by atoms with E-state index in [0.29, 0.717) is 35.9 Å².